The average Bonchev–Trinajstić information content (AvgIpc) is 2.73. The summed E-state index contributed by atoms with van der Waals surface area (Å²) in [6, 6.07) is 14.3. The summed E-state index contributed by atoms with van der Waals surface area (Å²) in [7, 11) is 3.31. The van der Waals surface area contributed by atoms with Crippen molar-refractivity contribution in [3.63, 3.8) is 0 Å². The molecular weight excluding hydrogens is 342 g/mol. The average molecular weight is 371 g/mol. The van der Waals surface area contributed by atoms with Crippen molar-refractivity contribution in [3.8, 4) is 17.2 Å². The third-order valence-corrected chi connectivity index (χ3v) is 4.79. The Balaban J connectivity index is 1.66. The minimum atomic E-state index is 0.498. The Bertz CT molecular complexity index is 699. The molecule has 0 spiro atoms. The number of hydrogen-bond donors (Lipinski definition) is 0. The van der Waals surface area contributed by atoms with E-state index in [0.717, 1.165) is 57.0 Å². The molecule has 5 nitrogen and oxygen atoms in total. The van der Waals surface area contributed by atoms with Gasteiger partial charge >= 0.3 is 0 Å². The van der Waals surface area contributed by atoms with Gasteiger partial charge in [-0.15, -0.1) is 0 Å². The number of ether oxygens (including phenoxy) is 4. The summed E-state index contributed by atoms with van der Waals surface area (Å²) >= 11 is 0. The van der Waals surface area contributed by atoms with Crippen LogP contribution in [0.2, 0.25) is 0 Å². The van der Waals surface area contributed by atoms with Crippen LogP contribution in [0.3, 0.4) is 0 Å². The van der Waals surface area contributed by atoms with Crippen molar-refractivity contribution < 1.29 is 18.9 Å². The molecule has 1 fully saturated rings. The van der Waals surface area contributed by atoms with Crippen LogP contribution in [-0.4, -0.2) is 52.0 Å². The van der Waals surface area contributed by atoms with E-state index in [9.17, 15) is 0 Å². The first-order valence-electron chi connectivity index (χ1n) is 9.52. The second-order valence-corrected chi connectivity index (χ2v) is 6.66. The van der Waals surface area contributed by atoms with E-state index in [1.807, 2.05) is 24.3 Å². The maximum atomic E-state index is 6.06. The van der Waals surface area contributed by atoms with E-state index >= 15 is 0 Å². The minimum absolute atomic E-state index is 0.498. The predicted octanol–water partition coefficient (Wildman–Crippen LogP) is 3.55. The Morgan fingerprint density at radius 1 is 0.926 bits per heavy atom. The zero-order valence-corrected chi connectivity index (χ0v) is 16.3. The SMILES string of the molecule is COc1cc(CCCN2CCOCC2)cc(OCc2ccccc2)c1OC. The number of aryl methyl sites for hydroxylation is 1. The number of benzene rings is 2. The molecule has 5 heteroatoms. The summed E-state index contributed by atoms with van der Waals surface area (Å²) in [5.41, 5.74) is 2.32. The summed E-state index contributed by atoms with van der Waals surface area (Å²) < 4.78 is 22.5. The molecule has 0 aliphatic carbocycles. The van der Waals surface area contributed by atoms with Crippen molar-refractivity contribution in [3.05, 3.63) is 53.6 Å². The first kappa shape index (κ1) is 19.5. The van der Waals surface area contributed by atoms with Crippen LogP contribution in [0.15, 0.2) is 42.5 Å². The van der Waals surface area contributed by atoms with Crippen LogP contribution < -0.4 is 14.2 Å². The number of nitrogens with zero attached hydrogens (tertiary/aromatic N) is 1. The summed E-state index contributed by atoms with van der Waals surface area (Å²) in [4.78, 5) is 2.46. The fraction of sp³-hybridized carbons (Fsp3) is 0.455. The zero-order valence-electron chi connectivity index (χ0n) is 16.3. The summed E-state index contributed by atoms with van der Waals surface area (Å²) in [6.07, 6.45) is 2.06. The molecule has 27 heavy (non-hydrogen) atoms. The number of morpholine rings is 1. The molecule has 0 radical (unpaired) electrons. The summed E-state index contributed by atoms with van der Waals surface area (Å²) in [5, 5.41) is 0. The largest absolute Gasteiger partial charge is 0.493 e. The van der Waals surface area contributed by atoms with E-state index in [-0.39, 0.29) is 0 Å². The normalized spacial score (nSPS) is 14.7. The molecule has 0 saturated carbocycles. The van der Waals surface area contributed by atoms with Gasteiger partial charge in [0.25, 0.3) is 0 Å². The van der Waals surface area contributed by atoms with Crippen LogP contribution in [-0.2, 0) is 17.8 Å². The minimum Gasteiger partial charge on any atom is -0.493 e. The van der Waals surface area contributed by atoms with Gasteiger partial charge < -0.3 is 18.9 Å². The fourth-order valence-corrected chi connectivity index (χ4v) is 3.30. The van der Waals surface area contributed by atoms with E-state index in [4.69, 9.17) is 18.9 Å². The number of rotatable bonds is 9. The Morgan fingerprint density at radius 3 is 2.37 bits per heavy atom. The number of methoxy groups -OCH3 is 2. The van der Waals surface area contributed by atoms with E-state index in [1.165, 1.54) is 5.56 Å². The highest BCUT2D eigenvalue weighted by Crippen LogP contribution is 2.39. The molecule has 1 heterocycles. The van der Waals surface area contributed by atoms with Gasteiger partial charge in [-0.1, -0.05) is 30.3 Å². The summed E-state index contributed by atoms with van der Waals surface area (Å²) in [5.74, 6) is 2.08. The lowest BCUT2D eigenvalue weighted by Crippen LogP contribution is -2.36. The first-order chi connectivity index (χ1) is 13.3. The van der Waals surface area contributed by atoms with Crippen LogP contribution in [0.1, 0.15) is 17.5 Å². The highest BCUT2D eigenvalue weighted by Gasteiger charge is 2.15. The molecule has 3 rings (SSSR count). The molecule has 1 aliphatic heterocycles. The summed E-state index contributed by atoms with van der Waals surface area (Å²) in [6.45, 7) is 5.31. The lowest BCUT2D eigenvalue weighted by Gasteiger charge is -2.26. The quantitative estimate of drug-likeness (QED) is 0.674. The molecule has 0 aromatic heterocycles. The lowest BCUT2D eigenvalue weighted by molar-refractivity contribution is 0.0374. The molecule has 1 aliphatic rings. The highest BCUT2D eigenvalue weighted by atomic mass is 16.5. The highest BCUT2D eigenvalue weighted by molar-refractivity contribution is 5.54. The van der Waals surface area contributed by atoms with Gasteiger partial charge in [-0.05, 0) is 42.6 Å². The second-order valence-electron chi connectivity index (χ2n) is 6.66. The Labute approximate surface area is 161 Å². The molecule has 0 amide bonds. The topological polar surface area (TPSA) is 40.2 Å². The Kier molecular flexibility index (Phi) is 7.36. The van der Waals surface area contributed by atoms with Crippen molar-refractivity contribution in [2.45, 2.75) is 19.4 Å². The molecule has 1 saturated heterocycles. The molecule has 0 N–H and O–H groups in total. The third kappa shape index (κ3) is 5.62. The maximum Gasteiger partial charge on any atom is 0.203 e. The van der Waals surface area contributed by atoms with Gasteiger partial charge in [0.2, 0.25) is 5.75 Å². The van der Waals surface area contributed by atoms with Crippen LogP contribution in [0.4, 0.5) is 0 Å². The molecule has 0 atom stereocenters. The zero-order chi connectivity index (χ0) is 18.9. The van der Waals surface area contributed by atoms with E-state index < -0.39 is 0 Å². The molecule has 2 aromatic rings. The van der Waals surface area contributed by atoms with Crippen LogP contribution in [0.25, 0.3) is 0 Å². The van der Waals surface area contributed by atoms with Gasteiger partial charge in [0, 0.05) is 13.1 Å². The third-order valence-electron chi connectivity index (χ3n) is 4.79. The molecule has 146 valence electrons. The van der Waals surface area contributed by atoms with Crippen LogP contribution >= 0.6 is 0 Å². The van der Waals surface area contributed by atoms with Crippen molar-refractivity contribution in [1.29, 1.82) is 0 Å². The van der Waals surface area contributed by atoms with Gasteiger partial charge in [0.15, 0.2) is 11.5 Å². The van der Waals surface area contributed by atoms with Crippen molar-refractivity contribution in [2.24, 2.45) is 0 Å². The van der Waals surface area contributed by atoms with Gasteiger partial charge in [0.05, 0.1) is 27.4 Å². The monoisotopic (exact) mass is 371 g/mol. The first-order valence-corrected chi connectivity index (χ1v) is 9.52. The van der Waals surface area contributed by atoms with Gasteiger partial charge in [-0.3, -0.25) is 4.90 Å². The second kappa shape index (κ2) is 10.2. The predicted molar refractivity (Wildman–Crippen MR) is 106 cm³/mol. The molecule has 0 bridgehead atoms. The van der Waals surface area contributed by atoms with E-state index in [0.29, 0.717) is 18.1 Å². The van der Waals surface area contributed by atoms with Crippen LogP contribution in [0.5, 0.6) is 17.2 Å². The van der Waals surface area contributed by atoms with Gasteiger partial charge in [0.1, 0.15) is 6.61 Å². The van der Waals surface area contributed by atoms with Crippen LogP contribution in [0, 0.1) is 0 Å². The maximum absolute atomic E-state index is 6.06. The van der Waals surface area contributed by atoms with Crippen molar-refractivity contribution in [2.75, 3.05) is 47.1 Å². The molecule has 0 unspecified atom stereocenters. The van der Waals surface area contributed by atoms with Gasteiger partial charge in [-0.2, -0.15) is 0 Å². The molecular formula is C22H29NO4. The Morgan fingerprint density at radius 2 is 1.67 bits per heavy atom. The lowest BCUT2D eigenvalue weighted by atomic mass is 10.1. The van der Waals surface area contributed by atoms with E-state index in [1.54, 1.807) is 14.2 Å². The van der Waals surface area contributed by atoms with Gasteiger partial charge in [-0.25, -0.2) is 0 Å². The van der Waals surface area contributed by atoms with Crippen molar-refractivity contribution in [1.82, 2.24) is 4.90 Å². The molecule has 2 aromatic carbocycles. The fourth-order valence-electron chi connectivity index (χ4n) is 3.30. The van der Waals surface area contributed by atoms with E-state index in [2.05, 4.69) is 23.1 Å². The standard InChI is InChI=1S/C22H29NO4/c1-24-20-15-19(9-6-10-23-11-13-26-14-12-23)16-21(22(20)25-2)27-17-18-7-4-3-5-8-18/h3-5,7-8,15-16H,6,9-14,17H2,1-2H3. The Hall–Kier alpha value is -2.24. The van der Waals surface area contributed by atoms with Crippen molar-refractivity contribution >= 4 is 0 Å². The smallest absolute Gasteiger partial charge is 0.203 e. The number of hydrogen-bond acceptors (Lipinski definition) is 5.